The molecule has 2 rings (SSSR count). The van der Waals surface area contributed by atoms with Crippen LogP contribution in [0.1, 0.15) is 56.1 Å². The van der Waals surface area contributed by atoms with E-state index in [0.29, 0.717) is 18.7 Å². The van der Waals surface area contributed by atoms with Gasteiger partial charge in [-0.05, 0) is 56.4 Å². The molecule has 29 heavy (non-hydrogen) atoms. The molecule has 8 nitrogen and oxygen atoms in total. The van der Waals surface area contributed by atoms with Gasteiger partial charge in [0.1, 0.15) is 5.75 Å². The fourth-order valence-corrected chi connectivity index (χ4v) is 3.12. The number of benzene rings is 1. The molecule has 0 saturated heterocycles. The van der Waals surface area contributed by atoms with Crippen molar-refractivity contribution in [1.82, 2.24) is 21.5 Å². The van der Waals surface area contributed by atoms with Gasteiger partial charge in [0.15, 0.2) is 6.61 Å². The Bertz CT molecular complexity index is 702. The van der Waals surface area contributed by atoms with E-state index < -0.39 is 5.91 Å². The van der Waals surface area contributed by atoms with Crippen LogP contribution in [-0.2, 0) is 9.59 Å². The maximum absolute atomic E-state index is 11.8. The summed E-state index contributed by atoms with van der Waals surface area (Å²) in [6.07, 6.45) is 6.30. The molecule has 0 atom stereocenters. The fourth-order valence-electron chi connectivity index (χ4n) is 3.12. The van der Waals surface area contributed by atoms with Gasteiger partial charge in [-0.1, -0.05) is 25.3 Å². The SMILES string of the molecule is Cc1ccc(OCC(=O)NNC(=O)CCCNC(=O)NC2CCCCC2)cc1C. The number of carbonyl (C=O) groups is 3. The molecule has 0 aromatic heterocycles. The lowest BCUT2D eigenvalue weighted by Crippen LogP contribution is -2.44. The molecule has 1 saturated carbocycles. The quantitative estimate of drug-likeness (QED) is 0.394. The van der Waals surface area contributed by atoms with Crippen molar-refractivity contribution in [3.8, 4) is 5.75 Å². The number of amides is 4. The summed E-state index contributed by atoms with van der Waals surface area (Å²) in [6, 6.07) is 5.65. The first-order valence-corrected chi connectivity index (χ1v) is 10.3. The third-order valence-electron chi connectivity index (χ3n) is 5.00. The topological polar surface area (TPSA) is 109 Å². The largest absolute Gasteiger partial charge is 0.484 e. The summed E-state index contributed by atoms with van der Waals surface area (Å²) in [4.78, 5) is 35.3. The van der Waals surface area contributed by atoms with Gasteiger partial charge in [0, 0.05) is 19.0 Å². The number of carbonyl (C=O) groups excluding carboxylic acids is 3. The van der Waals surface area contributed by atoms with Crippen LogP contribution in [0, 0.1) is 13.8 Å². The molecule has 0 spiro atoms. The summed E-state index contributed by atoms with van der Waals surface area (Å²) in [5.74, 6) is -0.160. The van der Waals surface area contributed by atoms with Gasteiger partial charge in [-0.3, -0.25) is 20.4 Å². The van der Waals surface area contributed by atoms with Crippen LogP contribution < -0.4 is 26.2 Å². The van der Waals surface area contributed by atoms with Gasteiger partial charge in [0.25, 0.3) is 5.91 Å². The van der Waals surface area contributed by atoms with Crippen molar-refractivity contribution in [2.24, 2.45) is 0 Å². The Kier molecular flexibility index (Phi) is 9.27. The molecule has 1 aliphatic carbocycles. The highest BCUT2D eigenvalue weighted by atomic mass is 16.5. The molecule has 1 fully saturated rings. The van der Waals surface area contributed by atoms with E-state index in [1.807, 2.05) is 26.0 Å². The van der Waals surface area contributed by atoms with Crippen molar-refractivity contribution in [2.45, 2.75) is 64.8 Å². The summed E-state index contributed by atoms with van der Waals surface area (Å²) in [5, 5.41) is 5.72. The number of hydrazine groups is 1. The van der Waals surface area contributed by atoms with Gasteiger partial charge in [-0.25, -0.2) is 4.79 Å². The van der Waals surface area contributed by atoms with Crippen molar-refractivity contribution in [3.05, 3.63) is 29.3 Å². The number of ether oxygens (including phenoxy) is 1. The molecule has 0 bridgehead atoms. The van der Waals surface area contributed by atoms with Crippen LogP contribution in [0.4, 0.5) is 4.79 Å². The smallest absolute Gasteiger partial charge is 0.315 e. The fraction of sp³-hybridized carbons (Fsp3) is 0.571. The Morgan fingerprint density at radius 2 is 1.72 bits per heavy atom. The van der Waals surface area contributed by atoms with E-state index in [0.717, 1.165) is 36.8 Å². The van der Waals surface area contributed by atoms with Crippen molar-refractivity contribution < 1.29 is 19.1 Å². The first-order valence-electron chi connectivity index (χ1n) is 10.3. The summed E-state index contributed by atoms with van der Waals surface area (Å²) >= 11 is 0. The normalized spacial score (nSPS) is 14.0. The summed E-state index contributed by atoms with van der Waals surface area (Å²) < 4.78 is 5.41. The van der Waals surface area contributed by atoms with Crippen LogP contribution in [0.5, 0.6) is 5.75 Å². The van der Waals surface area contributed by atoms with E-state index >= 15 is 0 Å². The molecular weight excluding hydrogens is 372 g/mol. The number of hydrogen-bond donors (Lipinski definition) is 4. The molecule has 160 valence electrons. The van der Waals surface area contributed by atoms with Crippen molar-refractivity contribution >= 4 is 17.8 Å². The minimum atomic E-state index is -0.443. The second-order valence-corrected chi connectivity index (χ2v) is 7.47. The van der Waals surface area contributed by atoms with E-state index in [-0.39, 0.29) is 31.0 Å². The molecule has 0 heterocycles. The Hall–Kier alpha value is -2.77. The molecule has 0 unspecified atom stereocenters. The standard InChI is InChI=1S/C21H32N4O4/c1-15-10-11-18(13-16(15)2)29-14-20(27)25-24-19(26)9-6-12-22-21(28)23-17-7-4-3-5-8-17/h10-11,13,17H,3-9,12,14H2,1-2H3,(H,24,26)(H,25,27)(H2,22,23,28). The minimum Gasteiger partial charge on any atom is -0.484 e. The zero-order chi connectivity index (χ0) is 21.1. The molecular formula is C21H32N4O4. The van der Waals surface area contributed by atoms with Gasteiger partial charge in [-0.2, -0.15) is 0 Å². The molecule has 4 N–H and O–H groups in total. The van der Waals surface area contributed by atoms with E-state index in [1.54, 1.807) is 6.07 Å². The predicted molar refractivity (Wildman–Crippen MR) is 110 cm³/mol. The average Bonchev–Trinajstić information content (AvgIpc) is 2.71. The van der Waals surface area contributed by atoms with E-state index in [2.05, 4.69) is 21.5 Å². The summed E-state index contributed by atoms with van der Waals surface area (Å²) in [6.45, 7) is 4.18. The Morgan fingerprint density at radius 1 is 1.00 bits per heavy atom. The van der Waals surface area contributed by atoms with Crippen molar-refractivity contribution in [3.63, 3.8) is 0 Å². The Labute approximate surface area is 172 Å². The van der Waals surface area contributed by atoms with Gasteiger partial charge in [0.05, 0.1) is 0 Å². The first-order chi connectivity index (χ1) is 13.9. The molecule has 4 amide bonds. The summed E-state index contributed by atoms with van der Waals surface area (Å²) in [5.41, 5.74) is 6.89. The van der Waals surface area contributed by atoms with Crippen LogP contribution in [0.15, 0.2) is 18.2 Å². The summed E-state index contributed by atoms with van der Waals surface area (Å²) in [7, 11) is 0. The molecule has 0 aliphatic heterocycles. The Balaban J connectivity index is 1.51. The highest BCUT2D eigenvalue weighted by Gasteiger charge is 2.15. The van der Waals surface area contributed by atoms with Crippen LogP contribution >= 0.6 is 0 Å². The minimum absolute atomic E-state index is 0.186. The lowest BCUT2D eigenvalue weighted by Gasteiger charge is -2.22. The van der Waals surface area contributed by atoms with E-state index in [1.165, 1.54) is 6.42 Å². The zero-order valence-electron chi connectivity index (χ0n) is 17.3. The number of rotatable bonds is 8. The van der Waals surface area contributed by atoms with E-state index in [9.17, 15) is 14.4 Å². The third kappa shape index (κ3) is 8.85. The molecule has 0 radical (unpaired) electrons. The zero-order valence-corrected chi connectivity index (χ0v) is 17.3. The maximum atomic E-state index is 11.8. The van der Waals surface area contributed by atoms with E-state index in [4.69, 9.17) is 4.74 Å². The van der Waals surface area contributed by atoms with Gasteiger partial charge >= 0.3 is 6.03 Å². The highest BCUT2D eigenvalue weighted by Crippen LogP contribution is 2.17. The monoisotopic (exact) mass is 404 g/mol. The number of urea groups is 1. The lowest BCUT2D eigenvalue weighted by atomic mass is 9.96. The molecule has 1 aromatic carbocycles. The second-order valence-electron chi connectivity index (χ2n) is 7.47. The van der Waals surface area contributed by atoms with Crippen LogP contribution in [0.25, 0.3) is 0 Å². The van der Waals surface area contributed by atoms with Crippen molar-refractivity contribution in [2.75, 3.05) is 13.2 Å². The van der Waals surface area contributed by atoms with Crippen molar-refractivity contribution in [1.29, 1.82) is 0 Å². The van der Waals surface area contributed by atoms with Crippen LogP contribution in [0.2, 0.25) is 0 Å². The molecule has 1 aliphatic rings. The molecule has 1 aromatic rings. The van der Waals surface area contributed by atoms with Gasteiger partial charge in [-0.15, -0.1) is 0 Å². The van der Waals surface area contributed by atoms with Gasteiger partial charge < -0.3 is 15.4 Å². The number of aryl methyl sites for hydroxylation is 2. The average molecular weight is 405 g/mol. The lowest BCUT2D eigenvalue weighted by molar-refractivity contribution is -0.130. The first kappa shape index (κ1) is 22.5. The van der Waals surface area contributed by atoms with Crippen LogP contribution in [-0.4, -0.2) is 37.0 Å². The maximum Gasteiger partial charge on any atom is 0.315 e. The third-order valence-corrected chi connectivity index (χ3v) is 5.00. The number of nitrogens with one attached hydrogen (secondary N) is 4. The Morgan fingerprint density at radius 3 is 2.45 bits per heavy atom. The second kappa shape index (κ2) is 11.9. The highest BCUT2D eigenvalue weighted by molar-refractivity contribution is 5.82. The van der Waals surface area contributed by atoms with Gasteiger partial charge in [0.2, 0.25) is 5.91 Å². The number of hydrogen-bond acceptors (Lipinski definition) is 4. The molecule has 8 heteroatoms. The van der Waals surface area contributed by atoms with Crippen LogP contribution in [0.3, 0.4) is 0 Å². The predicted octanol–water partition coefficient (Wildman–Crippen LogP) is 2.24.